The number of para-hydroxylation sites is 2. The fraction of sp³-hybridized carbons (Fsp3) is 0.171. The van der Waals surface area contributed by atoms with E-state index in [1.807, 2.05) is 0 Å². The third kappa shape index (κ3) is 3.24. The second kappa shape index (κ2) is 8.61. The summed E-state index contributed by atoms with van der Waals surface area (Å²) in [5.41, 5.74) is 14.8. The highest BCUT2D eigenvalue weighted by Crippen LogP contribution is 2.59. The van der Waals surface area contributed by atoms with Crippen molar-refractivity contribution >= 4 is 38.8 Å². The Morgan fingerprint density at radius 1 is 0.605 bits per heavy atom. The molecule has 0 saturated heterocycles. The lowest BCUT2D eigenvalue weighted by Gasteiger charge is -2.32. The Balaban J connectivity index is 1.37. The highest BCUT2D eigenvalue weighted by molar-refractivity contribution is 6.09. The van der Waals surface area contributed by atoms with Crippen LogP contribution < -0.4 is 0 Å². The lowest BCUT2D eigenvalue weighted by atomic mass is 9.72. The van der Waals surface area contributed by atoms with Gasteiger partial charge in [-0.25, -0.2) is 0 Å². The van der Waals surface area contributed by atoms with E-state index in [1.165, 1.54) is 72.0 Å². The molecule has 0 saturated carbocycles. The molecule has 0 spiro atoms. The third-order valence-corrected chi connectivity index (χ3v) is 10.4. The van der Waals surface area contributed by atoms with E-state index >= 15 is 0 Å². The topological polar surface area (TPSA) is 9.86 Å². The van der Waals surface area contributed by atoms with Crippen LogP contribution in [0.15, 0.2) is 121 Å². The number of nitrogens with zero attached hydrogens (tertiary/aromatic N) is 2. The molecule has 0 amide bonds. The van der Waals surface area contributed by atoms with Crippen molar-refractivity contribution in [3.8, 4) is 11.4 Å². The summed E-state index contributed by atoms with van der Waals surface area (Å²) in [5.74, 6) is 0.715. The lowest BCUT2D eigenvalue weighted by Crippen LogP contribution is -2.22. The highest BCUT2D eigenvalue weighted by atomic mass is 15.0. The molecule has 208 valence electrons. The SMILES string of the molecule is Cc1ccc(-n2c3c(c4cc(-n5c6ccccc6c6ccccc65)ccc42)C=C2C(c4ccccc4C2(C)C)C3C)cc1. The van der Waals surface area contributed by atoms with Crippen LogP contribution in [0, 0.1) is 6.92 Å². The number of allylic oxidation sites excluding steroid dienone is 1. The largest absolute Gasteiger partial charge is 0.313 e. The van der Waals surface area contributed by atoms with E-state index in [9.17, 15) is 0 Å². The minimum Gasteiger partial charge on any atom is -0.313 e. The first kappa shape index (κ1) is 24.7. The van der Waals surface area contributed by atoms with Crippen molar-refractivity contribution in [1.29, 1.82) is 0 Å². The minimum atomic E-state index is -0.00403. The van der Waals surface area contributed by atoms with Crippen LogP contribution in [0.1, 0.15) is 60.6 Å². The second-order valence-electron chi connectivity index (χ2n) is 13.1. The van der Waals surface area contributed by atoms with Gasteiger partial charge in [-0.05, 0) is 60.5 Å². The standard InChI is InChI=1S/C41H34N2/c1-25-17-19-27(20-18-25)43-38-22-21-28(42-36-15-9-6-11-29(36)30-12-7-10-16-37(30)42)23-32(38)33-24-35-39(26(2)40(33)43)31-13-5-8-14-34(31)41(35,3)4/h5-24,26,39H,1-4H3. The van der Waals surface area contributed by atoms with Crippen LogP contribution in [-0.2, 0) is 5.41 Å². The molecule has 0 radical (unpaired) electrons. The van der Waals surface area contributed by atoms with E-state index in [4.69, 9.17) is 0 Å². The highest BCUT2D eigenvalue weighted by Gasteiger charge is 2.47. The molecule has 2 aliphatic rings. The van der Waals surface area contributed by atoms with Gasteiger partial charge in [-0.3, -0.25) is 0 Å². The summed E-state index contributed by atoms with van der Waals surface area (Å²) in [4.78, 5) is 0. The van der Waals surface area contributed by atoms with Crippen LogP contribution in [0.4, 0.5) is 0 Å². The molecule has 2 unspecified atom stereocenters. The maximum Gasteiger partial charge on any atom is 0.0541 e. The third-order valence-electron chi connectivity index (χ3n) is 10.4. The van der Waals surface area contributed by atoms with Crippen LogP contribution in [0.2, 0.25) is 0 Å². The van der Waals surface area contributed by atoms with E-state index < -0.39 is 0 Å². The predicted molar refractivity (Wildman–Crippen MR) is 181 cm³/mol. The Kier molecular flexibility index (Phi) is 4.96. The van der Waals surface area contributed by atoms with E-state index in [2.05, 4.69) is 158 Å². The van der Waals surface area contributed by atoms with Crippen molar-refractivity contribution in [2.24, 2.45) is 0 Å². The van der Waals surface area contributed by atoms with Crippen LogP contribution in [0.25, 0.3) is 50.2 Å². The summed E-state index contributed by atoms with van der Waals surface area (Å²) in [6.07, 6.45) is 2.56. The van der Waals surface area contributed by atoms with Crippen molar-refractivity contribution in [3.05, 3.63) is 149 Å². The number of hydrogen-bond donors (Lipinski definition) is 0. The molecule has 9 rings (SSSR count). The number of aromatic nitrogens is 2. The van der Waals surface area contributed by atoms with Gasteiger partial charge in [0, 0.05) is 56.0 Å². The first-order chi connectivity index (χ1) is 20.9. The number of aryl methyl sites for hydroxylation is 1. The summed E-state index contributed by atoms with van der Waals surface area (Å²) in [7, 11) is 0. The number of fused-ring (bicyclic) bond motifs is 9. The molecule has 2 nitrogen and oxygen atoms in total. The summed E-state index contributed by atoms with van der Waals surface area (Å²) in [5, 5.41) is 3.91. The molecule has 0 bridgehead atoms. The molecular formula is C41H34N2. The number of hydrogen-bond acceptors (Lipinski definition) is 0. The Bertz CT molecular complexity index is 2230. The molecule has 2 aromatic heterocycles. The van der Waals surface area contributed by atoms with Gasteiger partial charge in [0.25, 0.3) is 0 Å². The van der Waals surface area contributed by atoms with Crippen molar-refractivity contribution in [2.75, 3.05) is 0 Å². The molecule has 5 aromatic carbocycles. The van der Waals surface area contributed by atoms with Gasteiger partial charge < -0.3 is 9.13 Å². The summed E-state index contributed by atoms with van der Waals surface area (Å²) in [6, 6.07) is 42.9. The molecule has 0 aliphatic heterocycles. The average molecular weight is 555 g/mol. The number of benzene rings is 5. The van der Waals surface area contributed by atoms with Crippen molar-refractivity contribution in [2.45, 2.75) is 44.9 Å². The Morgan fingerprint density at radius 3 is 1.93 bits per heavy atom. The minimum absolute atomic E-state index is 0.00403. The zero-order valence-corrected chi connectivity index (χ0v) is 25.1. The predicted octanol–water partition coefficient (Wildman–Crippen LogP) is 10.6. The maximum absolute atomic E-state index is 2.56. The van der Waals surface area contributed by atoms with Gasteiger partial charge in [0.05, 0.1) is 16.6 Å². The van der Waals surface area contributed by atoms with E-state index in [0.717, 1.165) is 0 Å². The van der Waals surface area contributed by atoms with E-state index in [1.54, 1.807) is 5.57 Å². The quantitative estimate of drug-likeness (QED) is 0.201. The molecule has 2 heterocycles. The summed E-state index contributed by atoms with van der Waals surface area (Å²) >= 11 is 0. The van der Waals surface area contributed by atoms with Gasteiger partial charge in [-0.15, -0.1) is 0 Å². The second-order valence-corrected chi connectivity index (χ2v) is 13.1. The van der Waals surface area contributed by atoms with Gasteiger partial charge in [0.2, 0.25) is 0 Å². The van der Waals surface area contributed by atoms with E-state index in [0.29, 0.717) is 11.8 Å². The van der Waals surface area contributed by atoms with Gasteiger partial charge in [-0.2, -0.15) is 0 Å². The lowest BCUT2D eigenvalue weighted by molar-refractivity contribution is 0.561. The maximum atomic E-state index is 2.56. The normalized spacial score (nSPS) is 18.6. The van der Waals surface area contributed by atoms with Crippen LogP contribution in [-0.4, -0.2) is 9.13 Å². The zero-order chi connectivity index (χ0) is 29.0. The fourth-order valence-electron chi connectivity index (χ4n) is 8.41. The van der Waals surface area contributed by atoms with Gasteiger partial charge in [0.1, 0.15) is 0 Å². The molecule has 43 heavy (non-hydrogen) atoms. The van der Waals surface area contributed by atoms with E-state index in [-0.39, 0.29) is 5.41 Å². The average Bonchev–Trinajstić information content (AvgIpc) is 3.62. The molecule has 7 aromatic rings. The Morgan fingerprint density at radius 2 is 1.21 bits per heavy atom. The van der Waals surface area contributed by atoms with Gasteiger partial charge in [0.15, 0.2) is 0 Å². The number of rotatable bonds is 2. The van der Waals surface area contributed by atoms with Crippen molar-refractivity contribution in [3.63, 3.8) is 0 Å². The zero-order valence-electron chi connectivity index (χ0n) is 25.1. The first-order valence-electron chi connectivity index (χ1n) is 15.5. The molecule has 2 heteroatoms. The van der Waals surface area contributed by atoms with Gasteiger partial charge >= 0.3 is 0 Å². The first-order valence-corrected chi connectivity index (χ1v) is 15.5. The molecule has 2 aliphatic carbocycles. The summed E-state index contributed by atoms with van der Waals surface area (Å²) < 4.78 is 4.99. The van der Waals surface area contributed by atoms with Crippen LogP contribution >= 0.6 is 0 Å². The Labute approximate surface area is 252 Å². The molecular weight excluding hydrogens is 520 g/mol. The fourth-order valence-corrected chi connectivity index (χ4v) is 8.41. The van der Waals surface area contributed by atoms with Crippen LogP contribution in [0.3, 0.4) is 0 Å². The smallest absolute Gasteiger partial charge is 0.0541 e. The summed E-state index contributed by atoms with van der Waals surface area (Å²) in [6.45, 7) is 9.45. The van der Waals surface area contributed by atoms with Crippen LogP contribution in [0.5, 0.6) is 0 Å². The van der Waals surface area contributed by atoms with Crippen molar-refractivity contribution < 1.29 is 0 Å². The molecule has 0 fully saturated rings. The Hall–Kier alpha value is -4.82. The molecule has 2 atom stereocenters. The molecule has 0 N–H and O–H groups in total. The van der Waals surface area contributed by atoms with Gasteiger partial charge in [-0.1, -0.05) is 111 Å². The monoisotopic (exact) mass is 554 g/mol. The van der Waals surface area contributed by atoms with Crippen molar-refractivity contribution in [1.82, 2.24) is 9.13 Å².